The van der Waals surface area contributed by atoms with Crippen LogP contribution in [0.5, 0.6) is 0 Å². The Labute approximate surface area is 487 Å². The zero-order chi connectivity index (χ0) is 57.1. The molecule has 6 nitrogen and oxygen atoms in total. The minimum atomic E-state index is -0.799. The third-order valence-corrected chi connectivity index (χ3v) is 13.7. The van der Waals surface area contributed by atoms with Gasteiger partial charge in [0, 0.05) is 19.3 Å². The first-order valence-electron chi connectivity index (χ1n) is 32.7. The molecule has 0 spiro atoms. The Balaban J connectivity index is 4.41. The molecule has 0 aliphatic heterocycles. The van der Waals surface area contributed by atoms with Crippen LogP contribution < -0.4 is 0 Å². The molecule has 1 unspecified atom stereocenters. The van der Waals surface area contributed by atoms with E-state index in [1.165, 1.54) is 103 Å². The fourth-order valence-corrected chi connectivity index (χ4v) is 8.83. The highest BCUT2D eigenvalue weighted by Crippen LogP contribution is 2.16. The van der Waals surface area contributed by atoms with Gasteiger partial charge in [0.15, 0.2) is 6.10 Å². The molecule has 0 N–H and O–H groups in total. The van der Waals surface area contributed by atoms with Crippen molar-refractivity contribution in [2.45, 2.75) is 297 Å². The first-order chi connectivity index (χ1) is 39.0. The number of hydrogen-bond donors (Lipinski definition) is 0. The number of rotatable bonds is 58. The van der Waals surface area contributed by atoms with Gasteiger partial charge in [0.25, 0.3) is 0 Å². The fourth-order valence-electron chi connectivity index (χ4n) is 8.83. The van der Waals surface area contributed by atoms with Crippen LogP contribution in [0.3, 0.4) is 0 Å². The maximum absolute atomic E-state index is 12.9. The van der Waals surface area contributed by atoms with Crippen LogP contribution in [0.2, 0.25) is 0 Å². The van der Waals surface area contributed by atoms with Gasteiger partial charge in [0.2, 0.25) is 0 Å². The molecule has 0 rings (SSSR count). The van der Waals surface area contributed by atoms with Gasteiger partial charge in [-0.3, -0.25) is 14.4 Å². The lowest BCUT2D eigenvalue weighted by Crippen LogP contribution is -2.30. The van der Waals surface area contributed by atoms with Crippen LogP contribution in [0.4, 0.5) is 0 Å². The van der Waals surface area contributed by atoms with Crippen LogP contribution in [-0.4, -0.2) is 37.2 Å². The van der Waals surface area contributed by atoms with Gasteiger partial charge in [-0.15, -0.1) is 0 Å². The standard InChI is InChI=1S/C73H120O6/c1-4-7-10-13-16-19-22-25-27-29-31-33-35-36-38-39-41-43-45-48-51-54-57-60-63-66-72(75)78-69-70(68-77-71(74)65-62-59-56-53-50-47-24-21-18-15-12-9-6-3)79-73(76)67-64-61-58-55-52-49-46-44-42-40-37-34-32-30-28-26-23-20-17-14-11-8-5-2/h7-8,10-11,16-17,19-20,25-28,31-34,36,38,40,42,46,49,70H,4-6,9,12-15,18,21-24,29-30,35,37,39,41,43-45,47-48,50-69H2,1-3H3/b10-7-,11-8-,19-16-,20-17-,27-25-,28-26-,33-31-,34-32-,38-36-,42-40-,49-46-. The van der Waals surface area contributed by atoms with E-state index in [1.54, 1.807) is 0 Å². The largest absolute Gasteiger partial charge is 0.462 e. The van der Waals surface area contributed by atoms with E-state index in [-0.39, 0.29) is 31.1 Å². The molecule has 0 aromatic rings. The number of unbranched alkanes of at least 4 members (excludes halogenated alkanes) is 25. The Morgan fingerprint density at radius 2 is 0.494 bits per heavy atom. The van der Waals surface area contributed by atoms with Crippen LogP contribution in [0.25, 0.3) is 0 Å². The van der Waals surface area contributed by atoms with E-state index >= 15 is 0 Å². The Kier molecular flexibility index (Phi) is 62.3. The van der Waals surface area contributed by atoms with E-state index in [2.05, 4.69) is 154 Å². The van der Waals surface area contributed by atoms with Crippen LogP contribution >= 0.6 is 0 Å². The molecular weight excluding hydrogens is 973 g/mol. The summed E-state index contributed by atoms with van der Waals surface area (Å²) in [4.78, 5) is 38.4. The lowest BCUT2D eigenvalue weighted by Gasteiger charge is -2.18. The monoisotopic (exact) mass is 1090 g/mol. The van der Waals surface area contributed by atoms with E-state index in [1.807, 2.05) is 0 Å². The summed E-state index contributed by atoms with van der Waals surface area (Å²) in [5, 5.41) is 0. The number of carbonyl (C=O) groups excluding carboxylic acids is 3. The minimum Gasteiger partial charge on any atom is -0.462 e. The first-order valence-corrected chi connectivity index (χ1v) is 32.7. The van der Waals surface area contributed by atoms with E-state index < -0.39 is 6.10 Å². The van der Waals surface area contributed by atoms with Crippen LogP contribution in [0.1, 0.15) is 290 Å². The summed E-state index contributed by atoms with van der Waals surface area (Å²) in [5.74, 6) is -0.918. The second-order valence-electron chi connectivity index (χ2n) is 21.3. The average Bonchev–Trinajstić information content (AvgIpc) is 3.45. The number of allylic oxidation sites excluding steroid dienone is 22. The van der Waals surface area contributed by atoms with Crippen molar-refractivity contribution in [1.29, 1.82) is 0 Å². The highest BCUT2D eigenvalue weighted by molar-refractivity contribution is 5.71. The second-order valence-corrected chi connectivity index (χ2v) is 21.3. The molecule has 448 valence electrons. The summed E-state index contributed by atoms with van der Waals surface area (Å²) >= 11 is 0. The van der Waals surface area contributed by atoms with E-state index in [0.29, 0.717) is 19.3 Å². The molecule has 6 heteroatoms. The molecule has 0 saturated heterocycles. The molecule has 0 aliphatic carbocycles. The lowest BCUT2D eigenvalue weighted by atomic mass is 10.0. The van der Waals surface area contributed by atoms with Crippen molar-refractivity contribution in [2.75, 3.05) is 13.2 Å². The molecule has 0 amide bonds. The third-order valence-electron chi connectivity index (χ3n) is 13.7. The maximum atomic E-state index is 12.9. The molecule has 0 saturated carbocycles. The summed E-state index contributed by atoms with van der Waals surface area (Å²) in [6.07, 6.45) is 93.1. The Hall–Kier alpha value is -4.45. The second kappa shape index (κ2) is 66.1. The van der Waals surface area contributed by atoms with Crippen molar-refractivity contribution >= 4 is 17.9 Å². The van der Waals surface area contributed by atoms with Gasteiger partial charge >= 0.3 is 17.9 Å². The van der Waals surface area contributed by atoms with Gasteiger partial charge in [-0.1, -0.05) is 289 Å². The first kappa shape index (κ1) is 74.5. The van der Waals surface area contributed by atoms with E-state index in [4.69, 9.17) is 14.2 Å². The molecular formula is C73H120O6. The van der Waals surface area contributed by atoms with Crippen LogP contribution in [0.15, 0.2) is 134 Å². The normalized spacial score (nSPS) is 13.0. The molecule has 0 radical (unpaired) electrons. The average molecular weight is 1090 g/mol. The Bertz CT molecular complexity index is 1680. The quantitative estimate of drug-likeness (QED) is 0.0261. The van der Waals surface area contributed by atoms with Gasteiger partial charge in [-0.25, -0.2) is 0 Å². The molecule has 0 heterocycles. The van der Waals surface area contributed by atoms with Crippen molar-refractivity contribution in [2.24, 2.45) is 0 Å². The summed E-state index contributed by atoms with van der Waals surface area (Å²) in [5.41, 5.74) is 0. The Morgan fingerprint density at radius 3 is 0.772 bits per heavy atom. The summed E-state index contributed by atoms with van der Waals surface area (Å²) < 4.78 is 16.9. The van der Waals surface area contributed by atoms with Gasteiger partial charge in [0.05, 0.1) is 0 Å². The lowest BCUT2D eigenvalue weighted by molar-refractivity contribution is -0.167. The summed E-state index contributed by atoms with van der Waals surface area (Å²) in [7, 11) is 0. The molecule has 0 aliphatic rings. The SMILES string of the molecule is CC/C=C\C/C=C\C/C=C\C/C=C\C/C=C\C/C=C\CCCCCCC(=O)OC(COC(=O)CCCCCCCCCCC/C=C\C/C=C\C/C=C\C/C=C\C/C=C\CC)COC(=O)CCCCCCCCCCCCCCC. The van der Waals surface area contributed by atoms with Crippen LogP contribution in [0, 0.1) is 0 Å². The predicted octanol–water partition coefficient (Wildman–Crippen LogP) is 22.5. The number of carbonyl (C=O) groups is 3. The van der Waals surface area contributed by atoms with Crippen molar-refractivity contribution in [3.63, 3.8) is 0 Å². The molecule has 0 fully saturated rings. The zero-order valence-electron chi connectivity index (χ0n) is 51.3. The summed E-state index contributed by atoms with van der Waals surface area (Å²) in [6.45, 7) is 6.40. The number of ether oxygens (including phenoxy) is 3. The van der Waals surface area contributed by atoms with Crippen molar-refractivity contribution < 1.29 is 28.6 Å². The molecule has 1 atom stereocenters. The highest BCUT2D eigenvalue weighted by Gasteiger charge is 2.19. The molecule has 0 aromatic carbocycles. The highest BCUT2D eigenvalue weighted by atomic mass is 16.6. The van der Waals surface area contributed by atoms with Gasteiger partial charge < -0.3 is 14.2 Å². The molecule has 0 aromatic heterocycles. The van der Waals surface area contributed by atoms with E-state index in [9.17, 15) is 14.4 Å². The topological polar surface area (TPSA) is 78.9 Å². The Morgan fingerprint density at radius 1 is 0.266 bits per heavy atom. The summed E-state index contributed by atoms with van der Waals surface area (Å²) in [6, 6.07) is 0. The van der Waals surface area contributed by atoms with Crippen molar-refractivity contribution in [3.05, 3.63) is 134 Å². The predicted molar refractivity (Wildman–Crippen MR) is 343 cm³/mol. The van der Waals surface area contributed by atoms with Crippen LogP contribution in [-0.2, 0) is 28.6 Å². The zero-order valence-corrected chi connectivity index (χ0v) is 51.3. The molecule has 79 heavy (non-hydrogen) atoms. The van der Waals surface area contributed by atoms with Crippen molar-refractivity contribution in [1.82, 2.24) is 0 Å². The maximum Gasteiger partial charge on any atom is 0.306 e. The van der Waals surface area contributed by atoms with Gasteiger partial charge in [-0.05, 0) is 116 Å². The fraction of sp³-hybridized carbons (Fsp3) is 0.658. The van der Waals surface area contributed by atoms with E-state index in [0.717, 1.165) is 148 Å². The minimum absolute atomic E-state index is 0.0916. The number of esters is 3. The molecule has 0 bridgehead atoms. The smallest absolute Gasteiger partial charge is 0.306 e. The third kappa shape index (κ3) is 64.3. The van der Waals surface area contributed by atoms with Gasteiger partial charge in [0.1, 0.15) is 13.2 Å². The number of hydrogen-bond acceptors (Lipinski definition) is 6. The van der Waals surface area contributed by atoms with Crippen molar-refractivity contribution in [3.8, 4) is 0 Å². The van der Waals surface area contributed by atoms with Gasteiger partial charge in [-0.2, -0.15) is 0 Å².